The molecule has 0 aliphatic heterocycles. The second-order valence-corrected chi connectivity index (χ2v) is 5.14. The van der Waals surface area contributed by atoms with E-state index in [1.165, 1.54) is 16.7 Å². The third-order valence-corrected chi connectivity index (χ3v) is 4.12. The maximum absolute atomic E-state index is 6.46. The maximum atomic E-state index is 6.46. The topological polar surface area (TPSA) is 35.2 Å². The van der Waals surface area contributed by atoms with Crippen molar-refractivity contribution in [3.8, 4) is 5.75 Å². The molecule has 2 N–H and O–H groups in total. The molecule has 0 radical (unpaired) electrons. The van der Waals surface area contributed by atoms with E-state index in [1.54, 1.807) is 7.11 Å². The van der Waals surface area contributed by atoms with Gasteiger partial charge in [-0.25, -0.2) is 0 Å². The molecule has 0 unspecified atom stereocenters. The number of ether oxygens (including phenoxy) is 1. The molecule has 0 fully saturated rings. The summed E-state index contributed by atoms with van der Waals surface area (Å²) in [5.41, 5.74) is 10.5. The van der Waals surface area contributed by atoms with Crippen molar-refractivity contribution in [2.75, 3.05) is 7.11 Å². The Morgan fingerprint density at radius 2 is 1.79 bits per heavy atom. The van der Waals surface area contributed by atoms with E-state index in [4.69, 9.17) is 10.5 Å². The predicted octanol–water partition coefficient (Wildman–Crippen LogP) is 3.43. The highest BCUT2D eigenvalue weighted by atomic mass is 16.5. The lowest BCUT2D eigenvalue weighted by Crippen LogP contribution is -2.25. The molecule has 3 rings (SSSR count). The van der Waals surface area contributed by atoms with Crippen LogP contribution in [0.2, 0.25) is 0 Å². The Kier molecular flexibility index (Phi) is 3.26. The zero-order valence-corrected chi connectivity index (χ0v) is 11.2. The number of aryl methyl sites for hydroxylation is 1. The van der Waals surface area contributed by atoms with E-state index in [9.17, 15) is 0 Å². The van der Waals surface area contributed by atoms with Gasteiger partial charge in [0.25, 0.3) is 0 Å². The smallest absolute Gasteiger partial charge is 0.118 e. The molecule has 2 heteroatoms. The molecule has 0 spiro atoms. The quantitative estimate of drug-likeness (QED) is 0.890. The summed E-state index contributed by atoms with van der Waals surface area (Å²) in [4.78, 5) is 0. The van der Waals surface area contributed by atoms with Gasteiger partial charge >= 0.3 is 0 Å². The van der Waals surface area contributed by atoms with E-state index in [1.807, 2.05) is 12.1 Å². The van der Waals surface area contributed by atoms with Crippen LogP contribution >= 0.6 is 0 Å². The molecule has 0 amide bonds. The van der Waals surface area contributed by atoms with Gasteiger partial charge in [0.2, 0.25) is 0 Å². The number of hydrogen-bond acceptors (Lipinski definition) is 2. The van der Waals surface area contributed by atoms with Crippen molar-refractivity contribution in [3.05, 3.63) is 65.2 Å². The molecular weight excluding hydrogens is 234 g/mol. The standard InChI is InChI=1S/C17H19NO/c1-19-14-9-6-13(7-10-14)16-11-8-12-4-2-3-5-15(12)17(16)18/h2-7,9-10,16-17H,8,11,18H2,1H3/t16-,17+/m1/s1. The zero-order chi connectivity index (χ0) is 13.2. The maximum Gasteiger partial charge on any atom is 0.118 e. The average Bonchev–Trinajstić information content (AvgIpc) is 2.48. The molecule has 0 bridgehead atoms. The Morgan fingerprint density at radius 3 is 2.53 bits per heavy atom. The molecule has 19 heavy (non-hydrogen) atoms. The summed E-state index contributed by atoms with van der Waals surface area (Å²) in [6.45, 7) is 0. The van der Waals surface area contributed by atoms with Crippen molar-refractivity contribution in [2.45, 2.75) is 24.8 Å². The van der Waals surface area contributed by atoms with Gasteiger partial charge in [-0.15, -0.1) is 0 Å². The van der Waals surface area contributed by atoms with Gasteiger partial charge in [0.05, 0.1) is 7.11 Å². The lowest BCUT2D eigenvalue weighted by molar-refractivity contribution is 0.414. The molecule has 1 aliphatic carbocycles. The van der Waals surface area contributed by atoms with Crippen molar-refractivity contribution >= 4 is 0 Å². The molecule has 2 aromatic rings. The number of nitrogens with two attached hydrogens (primary N) is 1. The Hall–Kier alpha value is -1.80. The summed E-state index contributed by atoms with van der Waals surface area (Å²) in [5.74, 6) is 1.30. The highest BCUT2D eigenvalue weighted by Gasteiger charge is 2.27. The molecule has 98 valence electrons. The molecule has 0 aromatic heterocycles. The Labute approximate surface area is 114 Å². The average molecular weight is 253 g/mol. The SMILES string of the molecule is COc1ccc([C@H]2CCc3ccccc3[C@@H]2N)cc1. The first-order valence-corrected chi connectivity index (χ1v) is 6.77. The second kappa shape index (κ2) is 5.06. The van der Waals surface area contributed by atoms with Crippen molar-refractivity contribution in [1.82, 2.24) is 0 Å². The number of fused-ring (bicyclic) bond motifs is 1. The van der Waals surface area contributed by atoms with Crippen molar-refractivity contribution < 1.29 is 4.74 Å². The molecular formula is C17H19NO. The van der Waals surface area contributed by atoms with Gasteiger partial charge in [-0.1, -0.05) is 36.4 Å². The van der Waals surface area contributed by atoms with Crippen LogP contribution in [0, 0.1) is 0 Å². The van der Waals surface area contributed by atoms with Crippen LogP contribution in [0.3, 0.4) is 0 Å². The van der Waals surface area contributed by atoms with Gasteiger partial charge in [0.15, 0.2) is 0 Å². The molecule has 1 aliphatic rings. The Morgan fingerprint density at radius 1 is 1.05 bits per heavy atom. The Balaban J connectivity index is 1.90. The van der Waals surface area contributed by atoms with Crippen LogP contribution in [0.4, 0.5) is 0 Å². The van der Waals surface area contributed by atoms with E-state index in [0.717, 1.165) is 18.6 Å². The van der Waals surface area contributed by atoms with Gasteiger partial charge in [-0.05, 0) is 41.7 Å². The summed E-state index contributed by atoms with van der Waals surface area (Å²) in [6.07, 6.45) is 2.23. The first-order chi connectivity index (χ1) is 9.29. The van der Waals surface area contributed by atoms with Crippen LogP contribution in [0.5, 0.6) is 5.75 Å². The summed E-state index contributed by atoms with van der Waals surface area (Å²) in [5, 5.41) is 0. The lowest BCUT2D eigenvalue weighted by atomic mass is 9.77. The summed E-state index contributed by atoms with van der Waals surface area (Å²) in [6, 6.07) is 16.9. The van der Waals surface area contributed by atoms with Gasteiger partial charge in [-0.3, -0.25) is 0 Å². The van der Waals surface area contributed by atoms with Gasteiger partial charge < -0.3 is 10.5 Å². The predicted molar refractivity (Wildman–Crippen MR) is 77.4 cm³/mol. The number of hydrogen-bond donors (Lipinski definition) is 1. The minimum atomic E-state index is 0.0957. The van der Waals surface area contributed by atoms with E-state index < -0.39 is 0 Å². The first-order valence-electron chi connectivity index (χ1n) is 6.77. The van der Waals surface area contributed by atoms with E-state index >= 15 is 0 Å². The van der Waals surface area contributed by atoms with Crippen LogP contribution in [-0.2, 0) is 6.42 Å². The van der Waals surface area contributed by atoms with Crippen LogP contribution in [-0.4, -0.2) is 7.11 Å². The normalized spacial score (nSPS) is 21.8. The first kappa shape index (κ1) is 12.2. The fourth-order valence-corrected chi connectivity index (χ4v) is 3.02. The number of rotatable bonds is 2. The monoisotopic (exact) mass is 253 g/mol. The summed E-state index contributed by atoms with van der Waals surface area (Å²) in [7, 11) is 1.69. The number of benzene rings is 2. The summed E-state index contributed by atoms with van der Waals surface area (Å²) < 4.78 is 5.21. The van der Waals surface area contributed by atoms with E-state index in [2.05, 4.69) is 36.4 Å². The van der Waals surface area contributed by atoms with Crippen molar-refractivity contribution in [2.24, 2.45) is 5.73 Å². The number of methoxy groups -OCH3 is 1. The molecule has 2 atom stereocenters. The van der Waals surface area contributed by atoms with Crippen LogP contribution in [0.25, 0.3) is 0 Å². The lowest BCUT2D eigenvalue weighted by Gasteiger charge is -2.31. The van der Waals surface area contributed by atoms with Crippen molar-refractivity contribution in [1.29, 1.82) is 0 Å². The summed E-state index contributed by atoms with van der Waals surface area (Å²) >= 11 is 0. The molecule has 0 heterocycles. The minimum Gasteiger partial charge on any atom is -0.497 e. The largest absolute Gasteiger partial charge is 0.497 e. The highest BCUT2D eigenvalue weighted by Crippen LogP contribution is 2.39. The fourth-order valence-electron chi connectivity index (χ4n) is 3.02. The van der Waals surface area contributed by atoms with Crippen LogP contribution in [0.15, 0.2) is 48.5 Å². The molecule has 2 aromatic carbocycles. The third-order valence-electron chi connectivity index (χ3n) is 4.12. The van der Waals surface area contributed by atoms with E-state index in [0.29, 0.717) is 5.92 Å². The molecule has 2 nitrogen and oxygen atoms in total. The molecule has 0 saturated heterocycles. The van der Waals surface area contributed by atoms with Crippen molar-refractivity contribution in [3.63, 3.8) is 0 Å². The van der Waals surface area contributed by atoms with Crippen LogP contribution < -0.4 is 10.5 Å². The van der Waals surface area contributed by atoms with E-state index in [-0.39, 0.29) is 6.04 Å². The van der Waals surface area contributed by atoms with Gasteiger partial charge in [0, 0.05) is 12.0 Å². The third kappa shape index (κ3) is 2.24. The zero-order valence-electron chi connectivity index (χ0n) is 11.2. The highest BCUT2D eigenvalue weighted by molar-refractivity contribution is 5.38. The molecule has 0 saturated carbocycles. The Bertz CT molecular complexity index is 562. The second-order valence-electron chi connectivity index (χ2n) is 5.14. The van der Waals surface area contributed by atoms with Gasteiger partial charge in [-0.2, -0.15) is 0 Å². The van der Waals surface area contributed by atoms with Crippen LogP contribution in [0.1, 0.15) is 35.1 Å². The van der Waals surface area contributed by atoms with Gasteiger partial charge in [0.1, 0.15) is 5.75 Å². The fraction of sp³-hybridized carbons (Fsp3) is 0.294. The minimum absolute atomic E-state index is 0.0957.